The number of phenolic OH excluding ortho intramolecular Hbond substituents is 1. The summed E-state index contributed by atoms with van der Waals surface area (Å²) in [5, 5.41) is 11.2. The minimum Gasteiger partial charge on any atom is -0.507 e. The molecule has 2 aromatic rings. The molecule has 0 bridgehead atoms. The molecule has 0 spiro atoms. The molecule has 0 radical (unpaired) electrons. The first kappa shape index (κ1) is 28.4. The van der Waals surface area contributed by atoms with Crippen LogP contribution in [-0.2, 0) is 23.9 Å². The molecule has 1 N–H and O–H groups in total. The third-order valence-corrected chi connectivity index (χ3v) is 11.5. The fourth-order valence-corrected chi connectivity index (χ4v) is 8.90. The Hall–Kier alpha value is -3.40. The number of carbonyl (C=O) groups is 4. The van der Waals surface area contributed by atoms with Crippen molar-refractivity contribution in [3.05, 3.63) is 65.2 Å². The van der Waals surface area contributed by atoms with E-state index in [9.17, 15) is 24.3 Å². The lowest BCUT2D eigenvalue weighted by atomic mass is 9.56. The molecule has 11 heteroatoms. The van der Waals surface area contributed by atoms with Gasteiger partial charge in [-0.25, -0.2) is 0 Å². The first-order chi connectivity index (χ1) is 20.5. The lowest BCUT2D eigenvalue weighted by molar-refractivity contribution is -0.138. The number of hydrogen-bond donors (Lipinski definition) is 1. The maximum absolute atomic E-state index is 14.2. The quantitative estimate of drug-likeness (QED) is 0.315. The minimum atomic E-state index is -1.93. The van der Waals surface area contributed by atoms with E-state index in [1.165, 1.54) is 11.9 Å². The van der Waals surface area contributed by atoms with E-state index >= 15 is 0 Å². The van der Waals surface area contributed by atoms with Crippen molar-refractivity contribution in [3.8, 4) is 5.75 Å². The summed E-state index contributed by atoms with van der Waals surface area (Å²) in [5.74, 6) is -5.13. The number of phenols is 1. The Balaban J connectivity index is 1.30. The van der Waals surface area contributed by atoms with Gasteiger partial charge in [-0.05, 0) is 55.5 Å². The number of halogens is 2. The number of aromatic hydroxyl groups is 1. The van der Waals surface area contributed by atoms with Crippen molar-refractivity contribution in [1.82, 2.24) is 4.90 Å². The zero-order valence-electron chi connectivity index (χ0n) is 23.8. The Bertz CT molecular complexity index is 1600. The van der Waals surface area contributed by atoms with Gasteiger partial charge < -0.3 is 14.7 Å². The number of amides is 4. The number of aryl methyl sites for hydroxylation is 1. The summed E-state index contributed by atoms with van der Waals surface area (Å²) in [6.45, 7) is 4.53. The monoisotopic (exact) mass is 623 g/mol. The van der Waals surface area contributed by atoms with Gasteiger partial charge in [-0.15, -0.1) is 23.2 Å². The number of imide groups is 2. The summed E-state index contributed by atoms with van der Waals surface area (Å²) in [6, 6.07) is 12.5. The second-order valence-electron chi connectivity index (χ2n) is 12.1. The molecule has 3 saturated heterocycles. The third kappa shape index (κ3) is 3.74. The Kier molecular flexibility index (Phi) is 6.47. The number of alkyl halides is 2. The Morgan fingerprint density at radius 3 is 2.28 bits per heavy atom. The number of allylic oxidation sites excluding steroid dienone is 2. The van der Waals surface area contributed by atoms with Crippen molar-refractivity contribution in [2.45, 2.75) is 35.4 Å². The van der Waals surface area contributed by atoms with Gasteiger partial charge in [0.15, 0.2) is 9.75 Å². The molecule has 4 amide bonds. The maximum Gasteiger partial charge on any atom is 0.253 e. The summed E-state index contributed by atoms with van der Waals surface area (Å²) in [7, 11) is 1.35. The highest BCUT2D eigenvalue weighted by atomic mass is 35.5. The predicted octanol–water partition coefficient (Wildman–Crippen LogP) is 3.73. The lowest BCUT2D eigenvalue weighted by Crippen LogP contribution is -2.60. The molecule has 7 rings (SSSR count). The van der Waals surface area contributed by atoms with Gasteiger partial charge in [0.2, 0.25) is 11.8 Å². The maximum atomic E-state index is 14.2. The molecule has 1 saturated carbocycles. The average Bonchev–Trinajstić information content (AvgIpc) is 3.34. The molecule has 6 atom stereocenters. The van der Waals surface area contributed by atoms with E-state index in [0.717, 1.165) is 23.7 Å². The normalized spacial score (nSPS) is 33.9. The van der Waals surface area contributed by atoms with Gasteiger partial charge in [-0.3, -0.25) is 29.0 Å². The van der Waals surface area contributed by atoms with Crippen molar-refractivity contribution < 1.29 is 29.0 Å². The van der Waals surface area contributed by atoms with E-state index < -0.39 is 45.2 Å². The summed E-state index contributed by atoms with van der Waals surface area (Å²) < 4.78 is 5.44. The van der Waals surface area contributed by atoms with Crippen molar-refractivity contribution in [3.63, 3.8) is 0 Å². The van der Waals surface area contributed by atoms with Crippen molar-refractivity contribution >= 4 is 58.2 Å². The highest BCUT2D eigenvalue weighted by molar-refractivity contribution is 6.53. The van der Waals surface area contributed by atoms with Crippen LogP contribution in [-0.4, -0.2) is 76.7 Å². The molecule has 4 fully saturated rings. The molecule has 3 aliphatic heterocycles. The molecule has 43 heavy (non-hydrogen) atoms. The first-order valence-corrected chi connectivity index (χ1v) is 15.3. The molecule has 224 valence electrons. The van der Waals surface area contributed by atoms with Crippen LogP contribution in [0, 0.1) is 24.7 Å². The first-order valence-electron chi connectivity index (χ1n) is 14.5. The number of morpholine rings is 1. The van der Waals surface area contributed by atoms with Crippen LogP contribution in [0.25, 0.3) is 0 Å². The summed E-state index contributed by atoms with van der Waals surface area (Å²) in [4.78, 5) is 55.9. The molecule has 2 aliphatic carbocycles. The lowest BCUT2D eigenvalue weighted by Gasteiger charge is -2.50. The van der Waals surface area contributed by atoms with Gasteiger partial charge in [0.25, 0.3) is 11.8 Å². The number of likely N-dealkylation sites (tertiary alicyclic amines) is 1. The number of fused-ring (bicyclic) bond motifs is 4. The molecular weight excluding hydrogens is 593 g/mol. The molecule has 6 unspecified atom stereocenters. The fourth-order valence-electron chi connectivity index (χ4n) is 7.89. The Morgan fingerprint density at radius 1 is 0.907 bits per heavy atom. The molecular formula is C32H31Cl2N3O6. The minimum absolute atomic E-state index is 0.0548. The highest BCUT2D eigenvalue weighted by Gasteiger charge is 2.76. The number of nitrogens with zero attached hydrogens (tertiary/aromatic N) is 3. The van der Waals surface area contributed by atoms with E-state index in [2.05, 4.69) is 4.90 Å². The SMILES string of the molecule is Cc1cccc(C2C3=CCC4C(=O)N(c5ccc(N6CCOCC6)cc5)C(=O)C4C3CC3(Cl)C(=O)N(C)C(=O)C23Cl)c1O. The number of rotatable bonds is 3. The number of benzene rings is 2. The van der Waals surface area contributed by atoms with Gasteiger partial charge in [-0.2, -0.15) is 0 Å². The van der Waals surface area contributed by atoms with Gasteiger partial charge in [0.1, 0.15) is 5.75 Å². The van der Waals surface area contributed by atoms with E-state index in [1.807, 2.05) is 18.2 Å². The smallest absolute Gasteiger partial charge is 0.253 e. The van der Waals surface area contributed by atoms with Crippen LogP contribution in [0.3, 0.4) is 0 Å². The largest absolute Gasteiger partial charge is 0.507 e. The number of para-hydroxylation sites is 1. The van der Waals surface area contributed by atoms with Crippen molar-refractivity contribution in [2.24, 2.45) is 17.8 Å². The second kappa shape index (κ2) is 9.81. The van der Waals surface area contributed by atoms with Crippen LogP contribution in [0.15, 0.2) is 54.1 Å². The number of anilines is 2. The number of hydrogen-bond acceptors (Lipinski definition) is 7. The van der Waals surface area contributed by atoms with E-state index in [0.29, 0.717) is 35.6 Å². The summed E-state index contributed by atoms with van der Waals surface area (Å²) in [6.07, 6.45) is 2.03. The average molecular weight is 625 g/mol. The van der Waals surface area contributed by atoms with Crippen LogP contribution >= 0.6 is 23.2 Å². The Labute approximate surface area is 259 Å². The van der Waals surface area contributed by atoms with Crippen LogP contribution in [0.2, 0.25) is 0 Å². The molecule has 0 aromatic heterocycles. The van der Waals surface area contributed by atoms with Gasteiger partial charge in [0.05, 0.1) is 30.7 Å². The van der Waals surface area contributed by atoms with E-state index in [1.54, 1.807) is 37.3 Å². The number of ether oxygens (including phenoxy) is 1. The van der Waals surface area contributed by atoms with E-state index in [4.69, 9.17) is 27.9 Å². The zero-order chi connectivity index (χ0) is 30.4. The molecule has 9 nitrogen and oxygen atoms in total. The standard InChI is InChI=1S/C32H31Cl2N3O6/c1-17-4-3-5-22(26(17)38)25-20-10-11-21-24(23(20)16-31(33)29(41)35(2)30(42)32(25,31)34)28(40)37(27(21)39)19-8-6-18(7-9-19)36-12-14-43-15-13-36/h3-10,21,23-25,38H,11-16H2,1-2H3. The molecule has 5 aliphatic rings. The van der Waals surface area contributed by atoms with Crippen LogP contribution in [0.5, 0.6) is 5.75 Å². The van der Waals surface area contributed by atoms with Gasteiger partial charge in [0, 0.05) is 37.3 Å². The van der Waals surface area contributed by atoms with Crippen LogP contribution in [0.1, 0.15) is 29.9 Å². The Morgan fingerprint density at radius 2 is 1.58 bits per heavy atom. The summed E-state index contributed by atoms with van der Waals surface area (Å²) >= 11 is 14.4. The summed E-state index contributed by atoms with van der Waals surface area (Å²) in [5.41, 5.74) is 3.04. The topological polar surface area (TPSA) is 107 Å². The van der Waals surface area contributed by atoms with Crippen LogP contribution in [0.4, 0.5) is 11.4 Å². The fraction of sp³-hybridized carbons (Fsp3) is 0.438. The second-order valence-corrected chi connectivity index (χ2v) is 13.4. The van der Waals surface area contributed by atoms with Gasteiger partial charge >= 0.3 is 0 Å². The predicted molar refractivity (Wildman–Crippen MR) is 160 cm³/mol. The van der Waals surface area contributed by atoms with E-state index in [-0.39, 0.29) is 30.4 Å². The number of carbonyl (C=O) groups excluding carboxylic acids is 4. The molecule has 3 heterocycles. The van der Waals surface area contributed by atoms with Gasteiger partial charge in [-0.1, -0.05) is 29.8 Å². The highest BCUT2D eigenvalue weighted by Crippen LogP contribution is 2.66. The zero-order valence-corrected chi connectivity index (χ0v) is 25.3. The third-order valence-electron chi connectivity index (χ3n) is 10.1. The van der Waals surface area contributed by atoms with Crippen LogP contribution < -0.4 is 9.80 Å². The van der Waals surface area contributed by atoms with Crippen molar-refractivity contribution in [1.29, 1.82) is 0 Å². The van der Waals surface area contributed by atoms with Crippen molar-refractivity contribution in [2.75, 3.05) is 43.2 Å². The molecule has 2 aromatic carbocycles.